The number of benzene rings is 1. The second-order valence-electron chi connectivity index (χ2n) is 9.77. The van der Waals surface area contributed by atoms with Gasteiger partial charge in [-0.1, -0.05) is 78.1 Å². The maximum absolute atomic E-state index is 14.6. The first-order valence-corrected chi connectivity index (χ1v) is 14.2. The van der Waals surface area contributed by atoms with Gasteiger partial charge in [0.1, 0.15) is 5.76 Å². The van der Waals surface area contributed by atoms with E-state index in [2.05, 4.69) is 23.8 Å². The van der Waals surface area contributed by atoms with Gasteiger partial charge in [0.25, 0.3) is 5.95 Å². The Morgan fingerprint density at radius 3 is 2.11 bits per heavy atom. The highest BCUT2D eigenvalue weighted by atomic mass is 19.1. The number of nitrogens with zero attached hydrogens (tertiary/aromatic N) is 2. The number of aryl methyl sites for hydroxylation is 2. The number of furan rings is 1. The smallest absolute Gasteiger partial charge is 0.430 e. The van der Waals surface area contributed by atoms with E-state index in [4.69, 9.17) is 13.9 Å². The van der Waals surface area contributed by atoms with E-state index in [1.807, 2.05) is 0 Å². The Labute approximate surface area is 226 Å². The van der Waals surface area contributed by atoms with Crippen molar-refractivity contribution in [3.8, 4) is 23.1 Å². The van der Waals surface area contributed by atoms with Gasteiger partial charge in [0.15, 0.2) is 17.4 Å². The summed E-state index contributed by atoms with van der Waals surface area (Å²) in [6.07, 6.45) is 19.0. The molecular formula is C31H41FN2O4. The number of aromatic nitrogens is 2. The Bertz CT molecular complexity index is 1100. The number of hydrogen-bond donors (Lipinski definition) is 0. The molecule has 0 saturated heterocycles. The van der Waals surface area contributed by atoms with Gasteiger partial charge < -0.3 is 13.9 Å². The summed E-state index contributed by atoms with van der Waals surface area (Å²) in [5.41, 5.74) is 1.58. The minimum absolute atomic E-state index is 0.0226. The van der Waals surface area contributed by atoms with Gasteiger partial charge in [-0.2, -0.15) is 0 Å². The van der Waals surface area contributed by atoms with E-state index in [0.717, 1.165) is 49.8 Å². The summed E-state index contributed by atoms with van der Waals surface area (Å²) in [5.74, 6) is 0.224. The highest BCUT2D eigenvalue weighted by Gasteiger charge is 2.15. The Kier molecular flexibility index (Phi) is 12.8. The quantitative estimate of drug-likeness (QED) is 0.0995. The standard InChI is InChI=1S/C31H41FN2O4/c1-3-5-7-8-9-10-11-12-14-15-24-22-33-30(34-23-24)25-17-19-28(27(32)21-25)37-31(35)38-29-20-18-26(36-29)16-13-6-4-2/h17-23H,3-16H2,1-2H3. The summed E-state index contributed by atoms with van der Waals surface area (Å²) in [6, 6.07) is 7.54. The molecular weight excluding hydrogens is 483 g/mol. The van der Waals surface area contributed by atoms with Gasteiger partial charge in [-0.05, 0) is 49.1 Å². The zero-order valence-electron chi connectivity index (χ0n) is 22.8. The first-order chi connectivity index (χ1) is 18.6. The molecule has 0 unspecified atom stereocenters. The fourth-order valence-electron chi connectivity index (χ4n) is 4.28. The average molecular weight is 525 g/mol. The van der Waals surface area contributed by atoms with Crippen LogP contribution in [0.5, 0.6) is 11.7 Å². The van der Waals surface area contributed by atoms with E-state index >= 15 is 0 Å². The lowest BCUT2D eigenvalue weighted by Crippen LogP contribution is -2.14. The van der Waals surface area contributed by atoms with Crippen molar-refractivity contribution >= 4 is 6.16 Å². The van der Waals surface area contributed by atoms with Crippen molar-refractivity contribution in [2.24, 2.45) is 0 Å². The molecule has 0 aliphatic heterocycles. The van der Waals surface area contributed by atoms with E-state index in [9.17, 15) is 9.18 Å². The third-order valence-corrected chi connectivity index (χ3v) is 6.51. The van der Waals surface area contributed by atoms with Gasteiger partial charge in [-0.25, -0.2) is 19.2 Å². The molecule has 0 fully saturated rings. The lowest BCUT2D eigenvalue weighted by Gasteiger charge is -2.07. The molecule has 38 heavy (non-hydrogen) atoms. The Hall–Kier alpha value is -3.22. The topological polar surface area (TPSA) is 74.5 Å². The van der Waals surface area contributed by atoms with Gasteiger partial charge in [0.2, 0.25) is 0 Å². The van der Waals surface area contributed by atoms with Crippen molar-refractivity contribution in [3.05, 3.63) is 59.9 Å². The normalized spacial score (nSPS) is 11.0. The fourth-order valence-corrected chi connectivity index (χ4v) is 4.28. The molecule has 3 rings (SSSR count). The fraction of sp³-hybridized carbons (Fsp3) is 0.516. The van der Waals surface area contributed by atoms with Crippen molar-refractivity contribution in [1.82, 2.24) is 9.97 Å². The molecule has 3 aromatic rings. The van der Waals surface area contributed by atoms with Crippen molar-refractivity contribution in [2.75, 3.05) is 0 Å². The molecule has 0 bridgehead atoms. The van der Waals surface area contributed by atoms with Gasteiger partial charge in [-0.3, -0.25) is 0 Å². The monoisotopic (exact) mass is 524 g/mol. The molecule has 0 spiro atoms. The Balaban J connectivity index is 1.42. The van der Waals surface area contributed by atoms with E-state index in [1.165, 1.54) is 63.5 Å². The van der Waals surface area contributed by atoms with Crippen molar-refractivity contribution in [3.63, 3.8) is 0 Å². The molecule has 0 radical (unpaired) electrons. The van der Waals surface area contributed by atoms with Gasteiger partial charge >= 0.3 is 6.16 Å². The van der Waals surface area contributed by atoms with Crippen molar-refractivity contribution < 1.29 is 23.1 Å². The lowest BCUT2D eigenvalue weighted by molar-refractivity contribution is 0.137. The average Bonchev–Trinajstić information content (AvgIpc) is 3.36. The second kappa shape index (κ2) is 16.6. The highest BCUT2D eigenvalue weighted by molar-refractivity contribution is 5.67. The maximum Gasteiger partial charge on any atom is 0.521 e. The van der Waals surface area contributed by atoms with Gasteiger partial charge in [-0.15, -0.1) is 0 Å². The molecule has 2 aromatic heterocycles. The third-order valence-electron chi connectivity index (χ3n) is 6.51. The molecule has 7 heteroatoms. The zero-order valence-corrected chi connectivity index (χ0v) is 22.8. The molecule has 0 aliphatic rings. The second-order valence-corrected chi connectivity index (χ2v) is 9.77. The summed E-state index contributed by atoms with van der Waals surface area (Å²) >= 11 is 0. The summed E-state index contributed by atoms with van der Waals surface area (Å²) in [7, 11) is 0. The van der Waals surface area contributed by atoms with Gasteiger partial charge in [0, 0.05) is 30.4 Å². The predicted molar refractivity (Wildman–Crippen MR) is 147 cm³/mol. The zero-order chi connectivity index (χ0) is 27.0. The van der Waals surface area contributed by atoms with Crippen LogP contribution in [-0.2, 0) is 12.8 Å². The summed E-state index contributed by atoms with van der Waals surface area (Å²) in [6.45, 7) is 4.37. The minimum atomic E-state index is -1.07. The van der Waals surface area contributed by atoms with Crippen LogP contribution < -0.4 is 9.47 Å². The van der Waals surface area contributed by atoms with Crippen molar-refractivity contribution in [2.45, 2.75) is 104 Å². The number of hydrogen-bond acceptors (Lipinski definition) is 6. The first kappa shape index (κ1) is 29.3. The SMILES string of the molecule is CCCCCCCCCCCc1cnc(-c2ccc(OC(=O)Oc3ccc(CCCCC)o3)c(F)c2)nc1. The lowest BCUT2D eigenvalue weighted by atomic mass is 10.1. The molecule has 6 nitrogen and oxygen atoms in total. The van der Waals surface area contributed by atoms with Crippen LogP contribution in [0, 0.1) is 5.82 Å². The maximum atomic E-state index is 14.6. The summed E-state index contributed by atoms with van der Waals surface area (Å²) < 4.78 is 30.2. The molecule has 0 saturated carbocycles. The molecule has 0 aliphatic carbocycles. The van der Waals surface area contributed by atoms with Crippen LogP contribution in [0.15, 0.2) is 47.1 Å². The molecule has 206 valence electrons. The van der Waals surface area contributed by atoms with Crippen LogP contribution in [0.2, 0.25) is 0 Å². The van der Waals surface area contributed by atoms with Crippen LogP contribution in [-0.4, -0.2) is 16.1 Å². The number of carbonyl (C=O) groups excluding carboxylic acids is 1. The molecule has 1 aromatic carbocycles. The van der Waals surface area contributed by atoms with E-state index in [1.54, 1.807) is 30.6 Å². The van der Waals surface area contributed by atoms with Gasteiger partial charge in [0.05, 0.1) is 0 Å². The van der Waals surface area contributed by atoms with Crippen molar-refractivity contribution in [1.29, 1.82) is 0 Å². The van der Waals surface area contributed by atoms with Crippen LogP contribution in [0.25, 0.3) is 11.4 Å². The number of unbranched alkanes of at least 4 members (excludes halogenated alkanes) is 10. The van der Waals surface area contributed by atoms with Crippen LogP contribution >= 0.6 is 0 Å². The van der Waals surface area contributed by atoms with E-state index in [0.29, 0.717) is 11.4 Å². The third kappa shape index (κ3) is 10.3. The number of carbonyl (C=O) groups is 1. The Morgan fingerprint density at radius 1 is 0.789 bits per heavy atom. The minimum Gasteiger partial charge on any atom is -0.430 e. The highest BCUT2D eigenvalue weighted by Crippen LogP contribution is 2.25. The molecule has 0 amide bonds. The predicted octanol–water partition coefficient (Wildman–Crippen LogP) is 9.26. The molecule has 2 heterocycles. The van der Waals surface area contributed by atoms with E-state index in [-0.39, 0.29) is 11.7 Å². The molecule has 0 N–H and O–H groups in total. The van der Waals surface area contributed by atoms with E-state index < -0.39 is 12.0 Å². The van der Waals surface area contributed by atoms with Crippen LogP contribution in [0.1, 0.15) is 102 Å². The number of ether oxygens (including phenoxy) is 2. The summed E-state index contributed by atoms with van der Waals surface area (Å²) in [5, 5.41) is 0. The number of rotatable bonds is 17. The Morgan fingerprint density at radius 2 is 1.42 bits per heavy atom. The molecule has 0 atom stereocenters. The van der Waals surface area contributed by atoms with Crippen LogP contribution in [0.3, 0.4) is 0 Å². The van der Waals surface area contributed by atoms with Crippen LogP contribution in [0.4, 0.5) is 9.18 Å². The largest absolute Gasteiger partial charge is 0.521 e. The summed E-state index contributed by atoms with van der Waals surface area (Å²) in [4.78, 5) is 20.9. The first-order valence-electron chi connectivity index (χ1n) is 14.2. The number of halogens is 1.